The van der Waals surface area contributed by atoms with Crippen LogP contribution in [0.5, 0.6) is 11.5 Å². The molecule has 0 fully saturated rings. The Labute approximate surface area is 120 Å². The summed E-state index contributed by atoms with van der Waals surface area (Å²) in [6.45, 7) is 0. The van der Waals surface area contributed by atoms with E-state index < -0.39 is 0 Å². The molecule has 0 aliphatic heterocycles. The van der Waals surface area contributed by atoms with E-state index in [2.05, 4.69) is 15.9 Å². The van der Waals surface area contributed by atoms with Crippen molar-refractivity contribution in [1.29, 1.82) is 0 Å². The number of nitrogens with two attached hydrogens (primary N) is 1. The minimum atomic E-state index is -0.341. The van der Waals surface area contributed by atoms with Gasteiger partial charge in [-0.3, -0.25) is 0 Å². The van der Waals surface area contributed by atoms with Crippen LogP contribution in [0.3, 0.4) is 0 Å². The summed E-state index contributed by atoms with van der Waals surface area (Å²) in [7, 11) is 0. The van der Waals surface area contributed by atoms with Gasteiger partial charge in [-0.2, -0.15) is 0 Å². The fraction of sp³-hybridized carbons (Fsp3) is 0. The van der Waals surface area contributed by atoms with Crippen LogP contribution < -0.4 is 10.5 Å². The lowest BCUT2D eigenvalue weighted by atomic mass is 10.3. The van der Waals surface area contributed by atoms with Gasteiger partial charge in [0.2, 0.25) is 0 Å². The van der Waals surface area contributed by atoms with Crippen molar-refractivity contribution in [3.05, 3.63) is 50.3 Å². The average molecular weight is 408 g/mol. The topological polar surface area (TPSA) is 35.2 Å². The number of hydrogen-bond acceptors (Lipinski definition) is 2. The van der Waals surface area contributed by atoms with E-state index >= 15 is 0 Å². The zero-order chi connectivity index (χ0) is 12.4. The summed E-state index contributed by atoms with van der Waals surface area (Å²) in [5, 5.41) is 0. The molecule has 0 atom stereocenters. The highest BCUT2D eigenvalue weighted by molar-refractivity contribution is 14.1. The van der Waals surface area contributed by atoms with Crippen LogP contribution in [-0.2, 0) is 0 Å². The summed E-state index contributed by atoms with van der Waals surface area (Å²) in [5.41, 5.74) is 6.18. The standard InChI is InChI=1S/C12H8BrFINO/c13-7-1-3-8(4-2-7)17-12-5-9(14)10(15)6-11(12)16/h1-6H,16H2. The van der Waals surface area contributed by atoms with Gasteiger partial charge in [0.1, 0.15) is 11.6 Å². The molecule has 0 aliphatic rings. The molecule has 2 aromatic carbocycles. The van der Waals surface area contributed by atoms with E-state index in [4.69, 9.17) is 10.5 Å². The molecule has 5 heteroatoms. The highest BCUT2D eigenvalue weighted by Gasteiger charge is 2.07. The smallest absolute Gasteiger partial charge is 0.153 e. The van der Waals surface area contributed by atoms with Crippen LogP contribution in [-0.4, -0.2) is 0 Å². The van der Waals surface area contributed by atoms with E-state index in [9.17, 15) is 4.39 Å². The second-order valence-corrected chi connectivity index (χ2v) is 5.44. The lowest BCUT2D eigenvalue weighted by Gasteiger charge is -2.09. The van der Waals surface area contributed by atoms with Crippen molar-refractivity contribution < 1.29 is 9.13 Å². The molecule has 2 rings (SSSR count). The first kappa shape index (κ1) is 12.6. The van der Waals surface area contributed by atoms with Crippen LogP contribution in [0.1, 0.15) is 0 Å². The highest BCUT2D eigenvalue weighted by Crippen LogP contribution is 2.30. The number of rotatable bonds is 2. The van der Waals surface area contributed by atoms with Gasteiger partial charge in [0.05, 0.1) is 9.26 Å². The lowest BCUT2D eigenvalue weighted by molar-refractivity contribution is 0.478. The third kappa shape index (κ3) is 3.10. The molecule has 0 aliphatic carbocycles. The Kier molecular flexibility index (Phi) is 3.88. The van der Waals surface area contributed by atoms with Crippen LogP contribution in [0.15, 0.2) is 40.9 Å². The Hall–Kier alpha value is -0.820. The van der Waals surface area contributed by atoms with Crippen molar-refractivity contribution in [3.8, 4) is 11.5 Å². The van der Waals surface area contributed by atoms with Gasteiger partial charge >= 0.3 is 0 Å². The number of nitrogen functional groups attached to an aromatic ring is 1. The van der Waals surface area contributed by atoms with E-state index in [1.165, 1.54) is 6.07 Å². The van der Waals surface area contributed by atoms with E-state index in [0.29, 0.717) is 20.8 Å². The van der Waals surface area contributed by atoms with Gasteiger partial charge in [-0.1, -0.05) is 15.9 Å². The summed E-state index contributed by atoms with van der Waals surface area (Å²) in [6.07, 6.45) is 0. The molecule has 88 valence electrons. The molecular formula is C12H8BrFINO. The van der Waals surface area contributed by atoms with Crippen molar-refractivity contribution in [3.63, 3.8) is 0 Å². The highest BCUT2D eigenvalue weighted by atomic mass is 127. The molecule has 2 N–H and O–H groups in total. The minimum Gasteiger partial charge on any atom is -0.455 e. The quantitative estimate of drug-likeness (QED) is 0.584. The van der Waals surface area contributed by atoms with Crippen LogP contribution in [0.2, 0.25) is 0 Å². The Morgan fingerprint density at radius 3 is 2.47 bits per heavy atom. The maximum Gasteiger partial charge on any atom is 0.153 e. The summed E-state index contributed by atoms with van der Waals surface area (Å²) in [6, 6.07) is 10.1. The number of halogens is 3. The molecule has 0 spiro atoms. The van der Waals surface area contributed by atoms with Gasteiger partial charge in [0.15, 0.2) is 5.75 Å². The van der Waals surface area contributed by atoms with Crippen LogP contribution in [0.25, 0.3) is 0 Å². The van der Waals surface area contributed by atoms with E-state index in [1.54, 1.807) is 18.2 Å². The van der Waals surface area contributed by atoms with Crippen molar-refractivity contribution >= 4 is 44.2 Å². The van der Waals surface area contributed by atoms with Crippen molar-refractivity contribution in [2.75, 3.05) is 5.73 Å². The van der Waals surface area contributed by atoms with Crippen molar-refractivity contribution in [2.24, 2.45) is 0 Å². The largest absolute Gasteiger partial charge is 0.455 e. The molecule has 0 heterocycles. The second kappa shape index (κ2) is 5.22. The molecule has 0 aromatic heterocycles. The number of ether oxygens (including phenoxy) is 1. The molecule has 17 heavy (non-hydrogen) atoms. The predicted octanol–water partition coefficient (Wildman–Crippen LogP) is 4.57. The van der Waals surface area contributed by atoms with Crippen LogP contribution >= 0.6 is 38.5 Å². The fourth-order valence-corrected chi connectivity index (χ4v) is 2.02. The predicted molar refractivity (Wildman–Crippen MR) is 77.7 cm³/mol. The lowest BCUT2D eigenvalue weighted by Crippen LogP contribution is -1.95. The van der Waals surface area contributed by atoms with Gasteiger partial charge in [-0.05, 0) is 52.9 Å². The maximum atomic E-state index is 13.4. The third-order valence-corrected chi connectivity index (χ3v) is 3.45. The van der Waals surface area contributed by atoms with Crippen molar-refractivity contribution in [2.45, 2.75) is 0 Å². The van der Waals surface area contributed by atoms with Gasteiger partial charge in [-0.15, -0.1) is 0 Å². The maximum absolute atomic E-state index is 13.4. The van der Waals surface area contributed by atoms with Gasteiger partial charge in [0.25, 0.3) is 0 Å². The zero-order valence-corrected chi connectivity index (χ0v) is 12.3. The second-order valence-electron chi connectivity index (χ2n) is 3.36. The molecule has 2 nitrogen and oxygen atoms in total. The number of anilines is 1. The Morgan fingerprint density at radius 2 is 1.82 bits per heavy atom. The molecule has 0 unspecified atom stereocenters. The number of hydrogen-bond donors (Lipinski definition) is 1. The SMILES string of the molecule is Nc1cc(I)c(F)cc1Oc1ccc(Br)cc1. The molecule has 2 aromatic rings. The summed E-state index contributed by atoms with van der Waals surface area (Å²) in [5.74, 6) is 0.595. The Balaban J connectivity index is 2.30. The average Bonchev–Trinajstić information content (AvgIpc) is 2.29. The third-order valence-electron chi connectivity index (χ3n) is 2.09. The summed E-state index contributed by atoms with van der Waals surface area (Å²) >= 11 is 5.21. The summed E-state index contributed by atoms with van der Waals surface area (Å²) < 4.78 is 20.3. The number of benzene rings is 2. The molecule has 0 bridgehead atoms. The van der Waals surface area contributed by atoms with Gasteiger partial charge in [-0.25, -0.2) is 4.39 Å². The van der Waals surface area contributed by atoms with E-state index in [0.717, 1.165) is 4.47 Å². The van der Waals surface area contributed by atoms with Crippen LogP contribution in [0, 0.1) is 9.39 Å². The zero-order valence-electron chi connectivity index (χ0n) is 8.58. The van der Waals surface area contributed by atoms with E-state index in [1.807, 2.05) is 34.7 Å². The first-order valence-electron chi connectivity index (χ1n) is 4.74. The van der Waals surface area contributed by atoms with Crippen molar-refractivity contribution in [1.82, 2.24) is 0 Å². The van der Waals surface area contributed by atoms with Gasteiger partial charge < -0.3 is 10.5 Å². The molecular weight excluding hydrogens is 400 g/mol. The van der Waals surface area contributed by atoms with E-state index in [-0.39, 0.29) is 5.82 Å². The Bertz CT molecular complexity index is 545. The molecule has 0 amide bonds. The summed E-state index contributed by atoms with van der Waals surface area (Å²) in [4.78, 5) is 0. The normalized spacial score (nSPS) is 10.3. The fourth-order valence-electron chi connectivity index (χ4n) is 1.26. The van der Waals surface area contributed by atoms with Crippen LogP contribution in [0.4, 0.5) is 10.1 Å². The monoisotopic (exact) mass is 407 g/mol. The first-order chi connectivity index (χ1) is 8.06. The van der Waals surface area contributed by atoms with Gasteiger partial charge in [0, 0.05) is 10.5 Å². The first-order valence-corrected chi connectivity index (χ1v) is 6.61. The molecule has 0 radical (unpaired) electrons. The molecule has 0 saturated carbocycles. The Morgan fingerprint density at radius 1 is 1.18 bits per heavy atom. The minimum absolute atomic E-state index is 0.324. The molecule has 0 saturated heterocycles.